The highest BCUT2D eigenvalue weighted by Crippen LogP contribution is 1.93. The first kappa shape index (κ1) is 9.11. The van der Waals surface area contributed by atoms with E-state index in [1.54, 1.807) is 6.26 Å². The van der Waals surface area contributed by atoms with Gasteiger partial charge in [-0.2, -0.15) is 0 Å². The van der Waals surface area contributed by atoms with Gasteiger partial charge in [0.15, 0.2) is 0 Å². The minimum Gasteiger partial charge on any atom is -0.328 e. The third kappa shape index (κ3) is 5.99. The van der Waals surface area contributed by atoms with Crippen molar-refractivity contribution in [1.29, 1.82) is 0 Å². The Bertz CT molecular complexity index is 95.1. The molecule has 0 saturated carbocycles. The average Bonchev–Trinajstić information content (AvgIpc) is 1.83. The fourth-order valence-electron chi connectivity index (χ4n) is 0.521. The van der Waals surface area contributed by atoms with Crippen molar-refractivity contribution in [2.75, 3.05) is 12.0 Å². The summed E-state index contributed by atoms with van der Waals surface area (Å²) in [6, 6.07) is 0.244. The Morgan fingerprint density at radius 2 is 2.22 bits per heavy atom. The lowest BCUT2D eigenvalue weighted by Gasteiger charge is -2.04. The molecule has 2 atom stereocenters. The summed E-state index contributed by atoms with van der Waals surface area (Å²) in [6.07, 6.45) is 3.58. The van der Waals surface area contributed by atoms with Crippen molar-refractivity contribution in [3.8, 4) is 0 Å². The lowest BCUT2D eigenvalue weighted by Crippen LogP contribution is -2.20. The van der Waals surface area contributed by atoms with Crippen LogP contribution in [-0.2, 0) is 10.8 Å². The minimum atomic E-state index is -0.668. The summed E-state index contributed by atoms with van der Waals surface area (Å²) in [5, 5.41) is 0. The molecule has 0 aromatic rings. The summed E-state index contributed by atoms with van der Waals surface area (Å²) in [5.41, 5.74) is 5.59. The first-order valence-electron chi connectivity index (χ1n) is 3.22. The first-order chi connectivity index (χ1) is 4.16. The second-order valence-electron chi connectivity index (χ2n) is 2.23. The molecule has 0 aromatic heterocycles. The molecule has 9 heavy (non-hydrogen) atoms. The zero-order valence-electron chi connectivity index (χ0n) is 6.09. The van der Waals surface area contributed by atoms with Crippen molar-refractivity contribution in [2.45, 2.75) is 25.8 Å². The lowest BCUT2D eigenvalue weighted by molar-refractivity contribution is 0.624. The van der Waals surface area contributed by atoms with Crippen LogP contribution in [0.25, 0.3) is 0 Å². The van der Waals surface area contributed by atoms with Crippen molar-refractivity contribution < 1.29 is 4.21 Å². The Hall–Kier alpha value is 0.110. The maximum atomic E-state index is 10.5. The standard InChI is InChI=1S/C6H15NOS/c1-3-6(7)4-5-9(2)8/h6H,3-5,7H2,1-2H3. The molecule has 0 aromatic carbocycles. The van der Waals surface area contributed by atoms with Crippen molar-refractivity contribution in [3.05, 3.63) is 0 Å². The topological polar surface area (TPSA) is 43.1 Å². The highest BCUT2D eigenvalue weighted by molar-refractivity contribution is 7.84. The second kappa shape index (κ2) is 4.94. The average molecular weight is 149 g/mol. The molecule has 2 N–H and O–H groups in total. The van der Waals surface area contributed by atoms with E-state index in [9.17, 15) is 4.21 Å². The summed E-state index contributed by atoms with van der Waals surface area (Å²) in [6.45, 7) is 2.04. The minimum absolute atomic E-state index is 0.244. The van der Waals surface area contributed by atoms with E-state index in [0.29, 0.717) is 0 Å². The van der Waals surface area contributed by atoms with Gasteiger partial charge in [0.1, 0.15) is 0 Å². The molecule has 0 aliphatic carbocycles. The smallest absolute Gasteiger partial charge is 0.0246 e. The zero-order chi connectivity index (χ0) is 7.28. The van der Waals surface area contributed by atoms with Gasteiger partial charge in [-0.05, 0) is 12.8 Å². The van der Waals surface area contributed by atoms with Crippen LogP contribution in [0.5, 0.6) is 0 Å². The van der Waals surface area contributed by atoms with E-state index in [0.717, 1.165) is 18.6 Å². The number of nitrogens with two attached hydrogens (primary N) is 1. The summed E-state index contributed by atoms with van der Waals surface area (Å²) in [7, 11) is -0.668. The molecule has 0 bridgehead atoms. The molecule has 0 aliphatic heterocycles. The van der Waals surface area contributed by atoms with Crippen molar-refractivity contribution in [1.82, 2.24) is 0 Å². The van der Waals surface area contributed by atoms with E-state index in [1.165, 1.54) is 0 Å². The molecule has 0 rings (SSSR count). The van der Waals surface area contributed by atoms with Crippen LogP contribution < -0.4 is 5.73 Å². The fourth-order valence-corrected chi connectivity index (χ4v) is 1.16. The van der Waals surface area contributed by atoms with Gasteiger partial charge >= 0.3 is 0 Å². The summed E-state index contributed by atoms with van der Waals surface area (Å²) < 4.78 is 10.5. The molecule has 2 nitrogen and oxygen atoms in total. The third-order valence-corrected chi connectivity index (χ3v) is 2.11. The molecular formula is C6H15NOS. The van der Waals surface area contributed by atoms with Crippen LogP contribution in [0, 0.1) is 0 Å². The molecule has 0 radical (unpaired) electrons. The van der Waals surface area contributed by atoms with E-state index in [2.05, 4.69) is 0 Å². The predicted molar refractivity (Wildman–Crippen MR) is 41.8 cm³/mol. The lowest BCUT2D eigenvalue weighted by atomic mass is 10.2. The molecule has 0 aliphatic rings. The van der Waals surface area contributed by atoms with Gasteiger partial charge in [-0.25, -0.2) is 0 Å². The van der Waals surface area contributed by atoms with Gasteiger partial charge in [-0.3, -0.25) is 4.21 Å². The van der Waals surface area contributed by atoms with Crippen molar-refractivity contribution in [2.24, 2.45) is 5.73 Å². The van der Waals surface area contributed by atoms with Gasteiger partial charge in [0, 0.05) is 28.9 Å². The zero-order valence-corrected chi connectivity index (χ0v) is 6.91. The Morgan fingerprint density at radius 3 is 2.56 bits per heavy atom. The summed E-state index contributed by atoms with van der Waals surface area (Å²) in [4.78, 5) is 0. The van der Waals surface area contributed by atoms with Crippen LogP contribution >= 0.6 is 0 Å². The molecule has 0 spiro atoms. The van der Waals surface area contributed by atoms with Crippen LogP contribution in [0.15, 0.2) is 0 Å². The maximum Gasteiger partial charge on any atom is 0.0246 e. The normalized spacial score (nSPS) is 17.2. The van der Waals surface area contributed by atoms with Gasteiger partial charge in [0.2, 0.25) is 0 Å². The second-order valence-corrected chi connectivity index (χ2v) is 3.79. The molecule has 0 amide bonds. The first-order valence-corrected chi connectivity index (χ1v) is 4.95. The Balaban J connectivity index is 3.16. The van der Waals surface area contributed by atoms with E-state index in [4.69, 9.17) is 5.73 Å². The van der Waals surface area contributed by atoms with Crippen LogP contribution in [0.2, 0.25) is 0 Å². The van der Waals surface area contributed by atoms with Gasteiger partial charge < -0.3 is 5.73 Å². The van der Waals surface area contributed by atoms with Crippen LogP contribution in [0.1, 0.15) is 19.8 Å². The van der Waals surface area contributed by atoms with Gasteiger partial charge in [-0.15, -0.1) is 0 Å². The Morgan fingerprint density at radius 1 is 1.67 bits per heavy atom. The molecule has 0 heterocycles. The highest BCUT2D eigenvalue weighted by atomic mass is 32.2. The summed E-state index contributed by atoms with van der Waals surface area (Å²) in [5.74, 6) is 0.745. The monoisotopic (exact) mass is 149 g/mol. The fraction of sp³-hybridized carbons (Fsp3) is 1.00. The molecule has 56 valence electrons. The predicted octanol–water partition coefficient (Wildman–Crippen LogP) is 0.492. The Labute approximate surface area is 59.3 Å². The number of hydrogen-bond donors (Lipinski definition) is 1. The van der Waals surface area contributed by atoms with Crippen molar-refractivity contribution in [3.63, 3.8) is 0 Å². The third-order valence-electron chi connectivity index (χ3n) is 1.30. The molecular weight excluding hydrogens is 134 g/mol. The Kier molecular flexibility index (Phi) is 5.00. The highest BCUT2D eigenvalue weighted by Gasteiger charge is 1.98. The number of rotatable bonds is 4. The molecule has 0 saturated heterocycles. The molecule has 2 unspecified atom stereocenters. The van der Waals surface area contributed by atoms with Gasteiger partial charge in [-0.1, -0.05) is 6.92 Å². The van der Waals surface area contributed by atoms with Crippen LogP contribution in [-0.4, -0.2) is 22.3 Å². The van der Waals surface area contributed by atoms with E-state index < -0.39 is 10.8 Å². The van der Waals surface area contributed by atoms with Crippen LogP contribution in [0.4, 0.5) is 0 Å². The van der Waals surface area contributed by atoms with Gasteiger partial charge in [0.25, 0.3) is 0 Å². The van der Waals surface area contributed by atoms with Crippen molar-refractivity contribution >= 4 is 10.8 Å². The summed E-state index contributed by atoms with van der Waals surface area (Å²) >= 11 is 0. The SMILES string of the molecule is CCC(N)CCS(C)=O. The van der Waals surface area contributed by atoms with E-state index >= 15 is 0 Å². The van der Waals surface area contributed by atoms with Crippen LogP contribution in [0.3, 0.4) is 0 Å². The van der Waals surface area contributed by atoms with E-state index in [1.807, 2.05) is 6.92 Å². The molecule has 3 heteroatoms. The molecule has 0 fully saturated rings. The van der Waals surface area contributed by atoms with E-state index in [-0.39, 0.29) is 6.04 Å². The van der Waals surface area contributed by atoms with Gasteiger partial charge in [0.05, 0.1) is 0 Å². The largest absolute Gasteiger partial charge is 0.328 e. The number of hydrogen-bond acceptors (Lipinski definition) is 2. The quantitative estimate of drug-likeness (QED) is 0.632. The maximum absolute atomic E-state index is 10.5.